The molecule has 1 aliphatic carbocycles. The van der Waals surface area contributed by atoms with Crippen LogP contribution in [0, 0.1) is 0 Å². The van der Waals surface area contributed by atoms with Crippen LogP contribution in [-0.2, 0) is 19.9 Å². The zero-order valence-corrected chi connectivity index (χ0v) is 15.7. The maximum Gasteiger partial charge on any atom is 0.262 e. The number of hydrogen-bond donors (Lipinski definition) is 1. The van der Waals surface area contributed by atoms with E-state index in [0.29, 0.717) is 0 Å². The number of amides is 1. The van der Waals surface area contributed by atoms with Crippen molar-refractivity contribution in [1.82, 2.24) is 14.9 Å². The van der Waals surface area contributed by atoms with Gasteiger partial charge in [-0.15, -0.1) is 11.3 Å². The standard InChI is InChI=1S/C20H21N3O2S/c1-23-11-10-21-19(23)18(13-6-8-15(25-2)9-7-13)22-20(24)17-12-14-4-3-5-16(14)26-17/h6-12,18H,3-5H2,1-2H3,(H,22,24)/t18-/m1/s1. The van der Waals surface area contributed by atoms with Crippen molar-refractivity contribution >= 4 is 17.2 Å². The third-order valence-electron chi connectivity index (χ3n) is 4.81. The van der Waals surface area contributed by atoms with Gasteiger partial charge in [-0.1, -0.05) is 12.1 Å². The Bertz CT molecular complexity index is 905. The van der Waals surface area contributed by atoms with Crippen molar-refractivity contribution in [3.8, 4) is 5.75 Å². The number of aryl methyl sites for hydroxylation is 3. The second-order valence-corrected chi connectivity index (χ2v) is 7.63. The Kier molecular flexibility index (Phi) is 4.51. The number of nitrogens with one attached hydrogen (secondary N) is 1. The van der Waals surface area contributed by atoms with E-state index < -0.39 is 0 Å². The van der Waals surface area contributed by atoms with Crippen LogP contribution >= 0.6 is 11.3 Å². The largest absolute Gasteiger partial charge is 0.497 e. The summed E-state index contributed by atoms with van der Waals surface area (Å²) in [5.74, 6) is 1.54. The smallest absolute Gasteiger partial charge is 0.262 e. The Morgan fingerprint density at radius 2 is 2.12 bits per heavy atom. The second kappa shape index (κ2) is 6.96. The minimum atomic E-state index is -0.314. The number of carbonyl (C=O) groups is 1. The summed E-state index contributed by atoms with van der Waals surface area (Å²) in [6.07, 6.45) is 7.01. The molecule has 0 fully saturated rings. The SMILES string of the molecule is COc1ccc([C@@H](NC(=O)c2cc3c(s2)CCC3)c2nccn2C)cc1. The highest BCUT2D eigenvalue weighted by Gasteiger charge is 2.24. The molecule has 0 aliphatic heterocycles. The van der Waals surface area contributed by atoms with Crippen molar-refractivity contribution in [2.24, 2.45) is 7.05 Å². The zero-order chi connectivity index (χ0) is 18.1. The lowest BCUT2D eigenvalue weighted by Crippen LogP contribution is -2.30. The molecule has 3 aromatic rings. The number of ether oxygens (including phenoxy) is 1. The lowest BCUT2D eigenvalue weighted by atomic mass is 10.1. The molecule has 5 nitrogen and oxygen atoms in total. The predicted octanol–water partition coefficient (Wildman–Crippen LogP) is 3.50. The summed E-state index contributed by atoms with van der Waals surface area (Å²) in [5.41, 5.74) is 2.30. The minimum absolute atomic E-state index is 0.0479. The molecule has 2 aromatic heterocycles. The minimum Gasteiger partial charge on any atom is -0.497 e. The summed E-state index contributed by atoms with van der Waals surface area (Å²) >= 11 is 1.62. The van der Waals surface area contributed by atoms with Crippen LogP contribution in [0.2, 0.25) is 0 Å². The van der Waals surface area contributed by atoms with Gasteiger partial charge in [0.05, 0.1) is 12.0 Å². The molecule has 1 amide bonds. The van der Waals surface area contributed by atoms with E-state index in [0.717, 1.165) is 34.9 Å². The molecule has 1 aromatic carbocycles. The summed E-state index contributed by atoms with van der Waals surface area (Å²) in [7, 11) is 3.58. The van der Waals surface area contributed by atoms with Gasteiger partial charge in [0, 0.05) is 24.3 Å². The highest BCUT2D eigenvalue weighted by Crippen LogP contribution is 2.31. The maximum absolute atomic E-state index is 12.9. The molecule has 4 rings (SSSR count). The van der Waals surface area contributed by atoms with Gasteiger partial charge in [-0.05, 0) is 48.6 Å². The number of fused-ring (bicyclic) bond motifs is 1. The van der Waals surface area contributed by atoms with Crippen LogP contribution in [0.4, 0.5) is 0 Å². The van der Waals surface area contributed by atoms with Crippen LogP contribution in [0.1, 0.15) is 44.0 Å². The molecule has 0 saturated heterocycles. The number of benzene rings is 1. The topological polar surface area (TPSA) is 56.1 Å². The number of nitrogens with zero attached hydrogens (tertiary/aromatic N) is 2. The summed E-state index contributed by atoms with van der Waals surface area (Å²) in [6, 6.07) is 9.46. The number of rotatable bonds is 5. The first-order chi connectivity index (χ1) is 12.7. The molecule has 0 radical (unpaired) electrons. The van der Waals surface area contributed by atoms with Gasteiger partial charge < -0.3 is 14.6 Å². The van der Waals surface area contributed by atoms with Crippen molar-refractivity contribution in [3.63, 3.8) is 0 Å². The van der Waals surface area contributed by atoms with Gasteiger partial charge in [0.25, 0.3) is 5.91 Å². The molecule has 2 heterocycles. The maximum atomic E-state index is 12.9. The lowest BCUT2D eigenvalue weighted by Gasteiger charge is -2.19. The fourth-order valence-corrected chi connectivity index (χ4v) is 4.55. The Morgan fingerprint density at radius 3 is 2.77 bits per heavy atom. The number of aromatic nitrogens is 2. The van der Waals surface area contributed by atoms with Gasteiger partial charge in [-0.25, -0.2) is 4.98 Å². The van der Waals surface area contributed by atoms with Crippen LogP contribution in [-0.4, -0.2) is 22.6 Å². The molecule has 0 spiro atoms. The van der Waals surface area contributed by atoms with Gasteiger partial charge in [-0.2, -0.15) is 0 Å². The third-order valence-corrected chi connectivity index (χ3v) is 6.05. The van der Waals surface area contributed by atoms with Gasteiger partial charge in [0.2, 0.25) is 0 Å². The first-order valence-corrected chi connectivity index (χ1v) is 9.51. The number of carbonyl (C=O) groups excluding carboxylic acids is 1. The quantitative estimate of drug-likeness (QED) is 0.751. The molecule has 1 N–H and O–H groups in total. The molecular formula is C20H21N3O2S. The van der Waals surface area contributed by atoms with Gasteiger partial charge in [0.1, 0.15) is 17.6 Å². The molecule has 0 unspecified atom stereocenters. The summed E-state index contributed by atoms with van der Waals surface area (Å²) in [6.45, 7) is 0. The van der Waals surface area contributed by atoms with Gasteiger partial charge >= 0.3 is 0 Å². The molecule has 6 heteroatoms. The van der Waals surface area contributed by atoms with Gasteiger partial charge in [0.15, 0.2) is 0 Å². The Balaban J connectivity index is 1.63. The number of methoxy groups -OCH3 is 1. The van der Waals surface area contributed by atoms with Crippen molar-refractivity contribution in [2.45, 2.75) is 25.3 Å². The van der Waals surface area contributed by atoms with E-state index in [1.165, 1.54) is 16.9 Å². The van der Waals surface area contributed by atoms with Crippen LogP contribution < -0.4 is 10.1 Å². The molecule has 26 heavy (non-hydrogen) atoms. The van der Waals surface area contributed by atoms with Crippen LogP contribution in [0.3, 0.4) is 0 Å². The van der Waals surface area contributed by atoms with Crippen molar-refractivity contribution < 1.29 is 9.53 Å². The molecule has 1 atom stereocenters. The predicted molar refractivity (Wildman–Crippen MR) is 102 cm³/mol. The molecular weight excluding hydrogens is 346 g/mol. The number of imidazole rings is 1. The highest BCUT2D eigenvalue weighted by atomic mass is 32.1. The second-order valence-electron chi connectivity index (χ2n) is 6.49. The lowest BCUT2D eigenvalue weighted by molar-refractivity contribution is 0.0945. The first-order valence-electron chi connectivity index (χ1n) is 8.69. The third kappa shape index (κ3) is 3.12. The van der Waals surface area contributed by atoms with E-state index in [2.05, 4.69) is 10.3 Å². The zero-order valence-electron chi connectivity index (χ0n) is 14.9. The molecule has 0 saturated carbocycles. The van der Waals surface area contributed by atoms with E-state index in [9.17, 15) is 4.79 Å². The first kappa shape index (κ1) is 16.8. The molecule has 1 aliphatic rings. The Morgan fingerprint density at radius 1 is 1.31 bits per heavy atom. The Labute approximate surface area is 156 Å². The van der Waals surface area contributed by atoms with E-state index in [1.807, 2.05) is 48.1 Å². The average Bonchev–Trinajstić information content (AvgIpc) is 3.35. The summed E-state index contributed by atoms with van der Waals surface area (Å²) in [4.78, 5) is 19.5. The molecule has 134 valence electrons. The van der Waals surface area contributed by atoms with Crippen LogP contribution in [0.5, 0.6) is 5.75 Å². The summed E-state index contributed by atoms with van der Waals surface area (Å²) in [5, 5.41) is 3.17. The monoisotopic (exact) mass is 367 g/mol. The van der Waals surface area contributed by atoms with Crippen LogP contribution in [0.15, 0.2) is 42.7 Å². The van der Waals surface area contributed by atoms with E-state index in [-0.39, 0.29) is 11.9 Å². The fraction of sp³-hybridized carbons (Fsp3) is 0.300. The van der Waals surface area contributed by atoms with Crippen LogP contribution in [0.25, 0.3) is 0 Å². The van der Waals surface area contributed by atoms with Gasteiger partial charge in [-0.3, -0.25) is 4.79 Å². The van der Waals surface area contributed by atoms with Crippen molar-refractivity contribution in [2.75, 3.05) is 7.11 Å². The highest BCUT2D eigenvalue weighted by molar-refractivity contribution is 7.14. The normalized spacial score (nSPS) is 14.1. The summed E-state index contributed by atoms with van der Waals surface area (Å²) < 4.78 is 7.18. The Hall–Kier alpha value is -2.60. The fourth-order valence-electron chi connectivity index (χ4n) is 3.39. The van der Waals surface area contributed by atoms with Crippen molar-refractivity contribution in [1.29, 1.82) is 0 Å². The van der Waals surface area contributed by atoms with Crippen molar-refractivity contribution in [3.05, 3.63) is 69.4 Å². The van der Waals surface area contributed by atoms with E-state index >= 15 is 0 Å². The number of hydrogen-bond acceptors (Lipinski definition) is 4. The average molecular weight is 367 g/mol. The molecule has 0 bridgehead atoms. The van der Waals surface area contributed by atoms with E-state index in [1.54, 1.807) is 24.6 Å². The van der Waals surface area contributed by atoms with E-state index in [4.69, 9.17) is 4.74 Å². The number of thiophene rings is 1.